The number of anilines is 1. The monoisotopic (exact) mass is 395 g/mol. The van der Waals surface area contributed by atoms with Gasteiger partial charge in [-0.25, -0.2) is 4.90 Å². The maximum Gasteiger partial charge on any atom is 0.238 e. The highest BCUT2D eigenvalue weighted by Gasteiger charge is 2.62. The molecule has 5 heteroatoms. The molecule has 0 unspecified atom stereocenters. The molecule has 4 atom stereocenters. The molecule has 4 aliphatic rings. The first kappa shape index (κ1) is 15.0. The van der Waals surface area contributed by atoms with Crippen molar-refractivity contribution < 1.29 is 14.4 Å². The molecule has 1 saturated heterocycles. The Morgan fingerprint density at radius 2 is 1.60 bits per heavy atom. The van der Waals surface area contributed by atoms with Crippen LogP contribution in [0.4, 0.5) is 5.69 Å². The quantitative estimate of drug-likeness (QED) is 0.695. The number of fused-ring (bicyclic) bond motifs is 1. The average Bonchev–Trinajstić information content (AvgIpc) is 2.87. The summed E-state index contributed by atoms with van der Waals surface area (Å²) in [4.78, 5) is 40.2. The fourth-order valence-electron chi connectivity index (χ4n) is 4.83. The molecule has 124 valence electrons. The smallest absolute Gasteiger partial charge is 0.238 e. The summed E-state index contributed by atoms with van der Waals surface area (Å²) >= 11 is 3.39. The van der Waals surface area contributed by atoms with Gasteiger partial charge in [0.2, 0.25) is 11.8 Å². The Hall–Kier alpha value is -2.27. The first-order chi connectivity index (χ1) is 12.1. The molecule has 1 aliphatic heterocycles. The van der Waals surface area contributed by atoms with Gasteiger partial charge >= 0.3 is 0 Å². The second kappa shape index (κ2) is 5.11. The minimum absolute atomic E-state index is 0.0854. The van der Waals surface area contributed by atoms with Crippen LogP contribution in [0.2, 0.25) is 0 Å². The predicted octanol–water partition coefficient (Wildman–Crippen LogP) is 3.41. The van der Waals surface area contributed by atoms with E-state index < -0.39 is 17.8 Å². The molecule has 3 aliphatic carbocycles. The number of hydrogen-bond donors (Lipinski definition) is 0. The summed E-state index contributed by atoms with van der Waals surface area (Å²) < 4.78 is 0.808. The highest BCUT2D eigenvalue weighted by molar-refractivity contribution is 9.10. The summed E-state index contributed by atoms with van der Waals surface area (Å²) in [5, 5.41) is 0. The van der Waals surface area contributed by atoms with Crippen molar-refractivity contribution in [1.29, 1.82) is 0 Å². The van der Waals surface area contributed by atoms with E-state index in [1.807, 2.05) is 30.3 Å². The molecule has 2 amide bonds. The summed E-state index contributed by atoms with van der Waals surface area (Å²) in [5.74, 6) is -2.00. The molecular weight excluding hydrogens is 382 g/mol. The highest BCUT2D eigenvalue weighted by atomic mass is 79.9. The Bertz CT molecular complexity index is 953. The summed E-state index contributed by atoms with van der Waals surface area (Å²) in [5.41, 5.74) is 2.56. The molecule has 6 rings (SSSR count). The second-order valence-electron chi connectivity index (χ2n) is 6.93. The van der Waals surface area contributed by atoms with Crippen LogP contribution in [0.15, 0.2) is 53.0 Å². The lowest BCUT2D eigenvalue weighted by Crippen LogP contribution is -2.44. The molecule has 2 fully saturated rings. The van der Waals surface area contributed by atoms with Gasteiger partial charge in [-0.1, -0.05) is 46.3 Å². The van der Waals surface area contributed by atoms with Crippen molar-refractivity contribution >= 4 is 39.2 Å². The summed E-state index contributed by atoms with van der Waals surface area (Å²) in [6.07, 6.45) is 0.355. The van der Waals surface area contributed by atoms with Crippen LogP contribution in [-0.2, 0) is 14.4 Å². The fraction of sp³-hybridized carbons (Fsp3) is 0.250. The third-order valence-corrected chi connectivity index (χ3v) is 6.25. The van der Waals surface area contributed by atoms with E-state index in [1.165, 1.54) is 4.90 Å². The van der Waals surface area contributed by atoms with Gasteiger partial charge in [-0.05, 0) is 29.3 Å². The Labute approximate surface area is 153 Å². The maximum atomic E-state index is 13.1. The van der Waals surface area contributed by atoms with E-state index in [9.17, 15) is 14.4 Å². The number of hydrogen-bond acceptors (Lipinski definition) is 3. The van der Waals surface area contributed by atoms with Crippen molar-refractivity contribution in [3.63, 3.8) is 0 Å². The largest absolute Gasteiger partial charge is 0.299 e. The van der Waals surface area contributed by atoms with E-state index in [0.717, 1.165) is 15.6 Å². The fourth-order valence-corrected chi connectivity index (χ4v) is 5.22. The van der Waals surface area contributed by atoms with E-state index >= 15 is 0 Å². The SMILES string of the molecule is O=C1C[C@@H]2c3ccccc3[C@@H]1[C@H]1C(=O)N(c3cccc(Br)c3)C(=O)[C@H]12. The van der Waals surface area contributed by atoms with Gasteiger partial charge in [-0.3, -0.25) is 14.4 Å². The first-order valence-electron chi connectivity index (χ1n) is 8.33. The highest BCUT2D eigenvalue weighted by Crippen LogP contribution is 2.57. The van der Waals surface area contributed by atoms with Crippen LogP contribution in [0, 0.1) is 11.8 Å². The zero-order valence-corrected chi connectivity index (χ0v) is 14.8. The number of benzene rings is 2. The Kier molecular flexibility index (Phi) is 3.07. The minimum atomic E-state index is -0.562. The molecule has 4 nitrogen and oxygen atoms in total. The molecule has 0 spiro atoms. The average molecular weight is 396 g/mol. The lowest BCUT2D eigenvalue weighted by atomic mass is 9.56. The van der Waals surface area contributed by atoms with Crippen LogP contribution in [0.1, 0.15) is 29.4 Å². The van der Waals surface area contributed by atoms with Gasteiger partial charge in [0, 0.05) is 16.8 Å². The standard InChI is InChI=1S/C20H14BrNO3/c21-10-4-3-5-11(8-10)22-19(24)17-14-9-15(23)16(18(17)20(22)25)13-7-2-1-6-12(13)14/h1-8,14,16-18H,9H2/t14-,16+,17+,18-/m1/s1. The van der Waals surface area contributed by atoms with Crippen LogP contribution in [0.5, 0.6) is 0 Å². The number of carbonyl (C=O) groups excluding carboxylic acids is 3. The third-order valence-electron chi connectivity index (χ3n) is 5.76. The molecule has 2 aromatic carbocycles. The molecule has 1 heterocycles. The van der Waals surface area contributed by atoms with Crippen molar-refractivity contribution in [2.24, 2.45) is 11.8 Å². The second-order valence-corrected chi connectivity index (χ2v) is 7.84. The number of imide groups is 1. The van der Waals surface area contributed by atoms with E-state index in [1.54, 1.807) is 18.2 Å². The van der Waals surface area contributed by atoms with Crippen molar-refractivity contribution in [2.45, 2.75) is 18.3 Å². The summed E-state index contributed by atoms with van der Waals surface area (Å²) in [7, 11) is 0. The number of halogens is 1. The van der Waals surface area contributed by atoms with Gasteiger partial charge in [0.1, 0.15) is 5.78 Å². The number of nitrogens with zero attached hydrogens (tertiary/aromatic N) is 1. The Morgan fingerprint density at radius 1 is 0.880 bits per heavy atom. The van der Waals surface area contributed by atoms with Gasteiger partial charge in [-0.2, -0.15) is 0 Å². The lowest BCUT2D eigenvalue weighted by molar-refractivity contribution is -0.134. The Balaban J connectivity index is 1.66. The van der Waals surface area contributed by atoms with Gasteiger partial charge in [-0.15, -0.1) is 0 Å². The maximum absolute atomic E-state index is 13.1. The first-order valence-corrected chi connectivity index (χ1v) is 9.12. The Morgan fingerprint density at radius 3 is 2.36 bits per heavy atom. The number of ketones is 1. The zero-order valence-electron chi connectivity index (χ0n) is 13.2. The third kappa shape index (κ3) is 1.90. The van der Waals surface area contributed by atoms with Gasteiger partial charge in [0.05, 0.1) is 23.4 Å². The molecule has 0 radical (unpaired) electrons. The van der Waals surface area contributed by atoms with E-state index in [0.29, 0.717) is 12.1 Å². The molecule has 25 heavy (non-hydrogen) atoms. The van der Waals surface area contributed by atoms with Gasteiger partial charge in [0.15, 0.2) is 0 Å². The van der Waals surface area contributed by atoms with E-state index in [4.69, 9.17) is 0 Å². The van der Waals surface area contributed by atoms with E-state index in [2.05, 4.69) is 15.9 Å². The normalized spacial score (nSPS) is 29.8. The minimum Gasteiger partial charge on any atom is -0.299 e. The van der Waals surface area contributed by atoms with Crippen LogP contribution < -0.4 is 4.90 Å². The summed E-state index contributed by atoms with van der Waals surface area (Å²) in [6.45, 7) is 0. The number of amides is 2. The van der Waals surface area contributed by atoms with Crippen LogP contribution in [-0.4, -0.2) is 17.6 Å². The van der Waals surface area contributed by atoms with Gasteiger partial charge in [0.25, 0.3) is 0 Å². The molecule has 1 saturated carbocycles. The molecule has 2 aromatic rings. The predicted molar refractivity (Wildman–Crippen MR) is 95.2 cm³/mol. The molecule has 0 aromatic heterocycles. The number of rotatable bonds is 1. The topological polar surface area (TPSA) is 54.5 Å². The number of carbonyl (C=O) groups is 3. The molecule has 2 bridgehead atoms. The molecule has 0 N–H and O–H groups in total. The van der Waals surface area contributed by atoms with Crippen molar-refractivity contribution in [2.75, 3.05) is 4.90 Å². The van der Waals surface area contributed by atoms with Crippen molar-refractivity contribution in [3.8, 4) is 0 Å². The van der Waals surface area contributed by atoms with Crippen LogP contribution >= 0.6 is 15.9 Å². The molecular formula is C20H14BrNO3. The van der Waals surface area contributed by atoms with Crippen molar-refractivity contribution in [1.82, 2.24) is 0 Å². The van der Waals surface area contributed by atoms with E-state index in [-0.39, 0.29) is 23.5 Å². The van der Waals surface area contributed by atoms with Crippen LogP contribution in [0.3, 0.4) is 0 Å². The van der Waals surface area contributed by atoms with Crippen LogP contribution in [0.25, 0.3) is 0 Å². The zero-order chi connectivity index (χ0) is 17.3. The summed E-state index contributed by atoms with van der Waals surface area (Å²) in [6, 6.07) is 14.9. The lowest BCUT2D eigenvalue weighted by Gasteiger charge is -2.43. The van der Waals surface area contributed by atoms with Crippen molar-refractivity contribution in [3.05, 3.63) is 64.1 Å². The number of Topliss-reactive ketones (excluding diaryl/α,β-unsaturated/α-hetero) is 1. The van der Waals surface area contributed by atoms with Gasteiger partial charge < -0.3 is 0 Å².